The van der Waals surface area contributed by atoms with Crippen LogP contribution in [0.25, 0.3) is 0 Å². The Morgan fingerprint density at radius 1 is 1.37 bits per heavy atom. The lowest BCUT2D eigenvalue weighted by Crippen LogP contribution is -2.24. The highest BCUT2D eigenvalue weighted by molar-refractivity contribution is 9.10. The van der Waals surface area contributed by atoms with E-state index in [9.17, 15) is 0 Å². The summed E-state index contributed by atoms with van der Waals surface area (Å²) in [6.45, 7) is 0.758. The van der Waals surface area contributed by atoms with Crippen LogP contribution in [0.4, 0.5) is 0 Å². The van der Waals surface area contributed by atoms with Crippen LogP contribution in [0.3, 0.4) is 0 Å². The number of benzene rings is 1. The Morgan fingerprint density at radius 3 is 2.68 bits per heavy atom. The van der Waals surface area contributed by atoms with E-state index >= 15 is 0 Å². The predicted molar refractivity (Wildman–Crippen MR) is 77.4 cm³/mol. The van der Waals surface area contributed by atoms with E-state index in [1.165, 1.54) is 18.4 Å². The zero-order chi connectivity index (χ0) is 13.2. The normalized spacial score (nSPS) is 16.5. The van der Waals surface area contributed by atoms with Gasteiger partial charge in [0.2, 0.25) is 0 Å². The van der Waals surface area contributed by atoms with E-state index in [-0.39, 0.29) is 0 Å². The van der Waals surface area contributed by atoms with Gasteiger partial charge in [0.25, 0.3) is 0 Å². The minimum atomic E-state index is 0.421. The lowest BCUT2D eigenvalue weighted by molar-refractivity contribution is 0.467. The average Bonchev–Trinajstić information content (AvgIpc) is 3.16. The first-order valence-electron chi connectivity index (χ1n) is 6.56. The summed E-state index contributed by atoms with van der Waals surface area (Å²) >= 11 is 3.49. The van der Waals surface area contributed by atoms with Crippen molar-refractivity contribution in [3.63, 3.8) is 0 Å². The van der Waals surface area contributed by atoms with E-state index in [1.54, 1.807) is 6.33 Å². The minimum Gasteiger partial charge on any atom is -0.320 e. The second-order valence-corrected chi connectivity index (χ2v) is 6.02. The molecule has 1 N–H and O–H groups in total. The van der Waals surface area contributed by atoms with Crippen LogP contribution in [-0.2, 0) is 13.6 Å². The number of hydrogen-bond acceptors (Lipinski definition) is 3. The molecule has 0 aliphatic heterocycles. The molecule has 0 radical (unpaired) electrons. The molecule has 1 aromatic heterocycles. The van der Waals surface area contributed by atoms with Gasteiger partial charge in [-0.15, -0.1) is 10.2 Å². The van der Waals surface area contributed by atoms with Crippen molar-refractivity contribution in [2.24, 2.45) is 13.0 Å². The molecule has 1 aromatic carbocycles. The molecule has 1 aliphatic rings. The van der Waals surface area contributed by atoms with Crippen molar-refractivity contribution in [2.75, 3.05) is 0 Å². The van der Waals surface area contributed by atoms with Crippen molar-refractivity contribution >= 4 is 15.9 Å². The Kier molecular flexibility index (Phi) is 3.66. The van der Waals surface area contributed by atoms with E-state index in [4.69, 9.17) is 0 Å². The van der Waals surface area contributed by atoms with Gasteiger partial charge in [-0.2, -0.15) is 0 Å². The predicted octanol–water partition coefficient (Wildman–Crippen LogP) is 2.82. The second-order valence-electron chi connectivity index (χ2n) is 5.11. The maximum absolute atomic E-state index is 4.12. The summed E-state index contributed by atoms with van der Waals surface area (Å²) in [5.41, 5.74) is 1.35. The van der Waals surface area contributed by atoms with Crippen LogP contribution >= 0.6 is 15.9 Å². The molecule has 5 heteroatoms. The molecule has 2 aromatic rings. The fourth-order valence-corrected chi connectivity index (χ4v) is 2.59. The Morgan fingerprint density at radius 2 is 2.11 bits per heavy atom. The summed E-state index contributed by atoms with van der Waals surface area (Å²) in [7, 11) is 1.97. The SMILES string of the molecule is Cn1cnnc1CNC(c1ccc(Br)cc1)C1CC1. The van der Waals surface area contributed by atoms with E-state index in [2.05, 4.69) is 55.7 Å². The molecule has 100 valence electrons. The third kappa shape index (κ3) is 3.04. The third-order valence-corrected chi connectivity index (χ3v) is 4.14. The summed E-state index contributed by atoms with van der Waals surface area (Å²) in [6, 6.07) is 9.02. The molecule has 1 heterocycles. The first kappa shape index (κ1) is 12.8. The van der Waals surface area contributed by atoms with E-state index in [0.29, 0.717) is 6.04 Å². The number of hydrogen-bond donors (Lipinski definition) is 1. The molecule has 0 amide bonds. The topological polar surface area (TPSA) is 42.7 Å². The number of aromatic nitrogens is 3. The van der Waals surface area contributed by atoms with E-state index in [1.807, 2.05) is 11.6 Å². The van der Waals surface area contributed by atoms with Crippen molar-refractivity contribution < 1.29 is 0 Å². The van der Waals surface area contributed by atoms with Gasteiger partial charge < -0.3 is 9.88 Å². The molecule has 0 saturated heterocycles. The van der Waals surface area contributed by atoms with E-state index < -0.39 is 0 Å². The fraction of sp³-hybridized carbons (Fsp3) is 0.429. The summed E-state index contributed by atoms with van der Waals surface area (Å²) < 4.78 is 3.08. The number of halogens is 1. The van der Waals surface area contributed by atoms with Crippen LogP contribution in [0.1, 0.15) is 30.3 Å². The van der Waals surface area contributed by atoms with Gasteiger partial charge in [-0.05, 0) is 36.5 Å². The van der Waals surface area contributed by atoms with Crippen molar-refractivity contribution in [3.05, 3.63) is 46.5 Å². The van der Waals surface area contributed by atoms with Crippen LogP contribution in [-0.4, -0.2) is 14.8 Å². The molecule has 1 fully saturated rings. The number of aryl methyl sites for hydroxylation is 1. The lowest BCUT2D eigenvalue weighted by Gasteiger charge is -2.18. The summed E-state index contributed by atoms with van der Waals surface area (Å²) in [6.07, 6.45) is 4.36. The van der Waals surface area contributed by atoms with Gasteiger partial charge in [-0.3, -0.25) is 0 Å². The van der Waals surface area contributed by atoms with Crippen molar-refractivity contribution in [1.82, 2.24) is 20.1 Å². The van der Waals surface area contributed by atoms with Crippen LogP contribution < -0.4 is 5.32 Å². The van der Waals surface area contributed by atoms with Crippen LogP contribution in [0.2, 0.25) is 0 Å². The van der Waals surface area contributed by atoms with Crippen LogP contribution in [0.15, 0.2) is 35.1 Å². The summed E-state index contributed by atoms with van der Waals surface area (Å²) in [5, 5.41) is 11.7. The van der Waals surface area contributed by atoms with Crippen molar-refractivity contribution in [3.8, 4) is 0 Å². The summed E-state index contributed by atoms with van der Waals surface area (Å²) in [5.74, 6) is 1.73. The summed E-state index contributed by atoms with van der Waals surface area (Å²) in [4.78, 5) is 0. The molecular formula is C14H17BrN4. The smallest absolute Gasteiger partial charge is 0.146 e. The molecule has 19 heavy (non-hydrogen) atoms. The lowest BCUT2D eigenvalue weighted by atomic mass is 10.0. The molecule has 1 atom stereocenters. The van der Waals surface area contributed by atoms with Gasteiger partial charge in [0.15, 0.2) is 0 Å². The fourth-order valence-electron chi connectivity index (χ4n) is 2.32. The molecule has 3 rings (SSSR count). The van der Waals surface area contributed by atoms with Gasteiger partial charge in [0.1, 0.15) is 12.2 Å². The Labute approximate surface area is 121 Å². The maximum atomic E-state index is 4.12. The van der Waals surface area contributed by atoms with Crippen LogP contribution in [0, 0.1) is 5.92 Å². The Balaban J connectivity index is 1.71. The van der Waals surface area contributed by atoms with E-state index in [0.717, 1.165) is 22.8 Å². The first-order valence-corrected chi connectivity index (χ1v) is 7.35. The second kappa shape index (κ2) is 5.43. The van der Waals surface area contributed by atoms with Gasteiger partial charge in [-0.25, -0.2) is 0 Å². The molecular weight excluding hydrogens is 304 g/mol. The molecule has 4 nitrogen and oxygen atoms in total. The zero-order valence-corrected chi connectivity index (χ0v) is 12.5. The zero-order valence-electron chi connectivity index (χ0n) is 10.9. The van der Waals surface area contributed by atoms with Gasteiger partial charge in [-0.1, -0.05) is 28.1 Å². The van der Waals surface area contributed by atoms with Gasteiger partial charge in [0.05, 0.1) is 6.54 Å². The third-order valence-electron chi connectivity index (χ3n) is 3.61. The molecule has 1 saturated carbocycles. The Bertz CT molecular complexity index is 545. The van der Waals surface area contributed by atoms with Crippen molar-refractivity contribution in [1.29, 1.82) is 0 Å². The Hall–Kier alpha value is -1.20. The van der Waals surface area contributed by atoms with Gasteiger partial charge in [0, 0.05) is 17.6 Å². The average molecular weight is 321 g/mol. The monoisotopic (exact) mass is 320 g/mol. The molecule has 1 unspecified atom stereocenters. The molecule has 0 bridgehead atoms. The quantitative estimate of drug-likeness (QED) is 0.921. The highest BCUT2D eigenvalue weighted by Gasteiger charge is 2.32. The van der Waals surface area contributed by atoms with Crippen LogP contribution in [0.5, 0.6) is 0 Å². The highest BCUT2D eigenvalue weighted by Crippen LogP contribution is 2.41. The number of nitrogens with one attached hydrogen (secondary N) is 1. The largest absolute Gasteiger partial charge is 0.320 e. The molecule has 0 spiro atoms. The maximum Gasteiger partial charge on any atom is 0.146 e. The molecule has 1 aliphatic carbocycles. The standard InChI is InChI=1S/C14H17BrN4/c1-19-9-17-18-13(19)8-16-14(10-2-3-10)11-4-6-12(15)7-5-11/h4-7,9-10,14,16H,2-3,8H2,1H3. The van der Waals surface area contributed by atoms with Crippen molar-refractivity contribution in [2.45, 2.75) is 25.4 Å². The van der Waals surface area contributed by atoms with Gasteiger partial charge >= 0.3 is 0 Å². The minimum absolute atomic E-state index is 0.421. The highest BCUT2D eigenvalue weighted by atomic mass is 79.9. The number of rotatable bonds is 5. The number of nitrogens with zero attached hydrogens (tertiary/aromatic N) is 3. The first-order chi connectivity index (χ1) is 9.24.